The highest BCUT2D eigenvalue weighted by Crippen LogP contribution is 2.33. The summed E-state index contributed by atoms with van der Waals surface area (Å²) in [6.07, 6.45) is 0. The topological polar surface area (TPSA) is 102 Å². The molecule has 9 nitrogen and oxygen atoms in total. The summed E-state index contributed by atoms with van der Waals surface area (Å²) < 4.78 is 10.4. The van der Waals surface area contributed by atoms with Crippen molar-refractivity contribution in [1.82, 2.24) is 9.80 Å². The lowest BCUT2D eigenvalue weighted by Gasteiger charge is -2.25. The summed E-state index contributed by atoms with van der Waals surface area (Å²) in [5.41, 5.74) is 2.72. The fourth-order valence-corrected chi connectivity index (χ4v) is 3.62. The van der Waals surface area contributed by atoms with Crippen LogP contribution in [0.1, 0.15) is 16.7 Å². The first-order chi connectivity index (χ1) is 15.9. The molecule has 0 saturated heterocycles. The largest absolute Gasteiger partial charge is 0.383 e. The Kier molecular flexibility index (Phi) is 7.92. The Bertz CT molecular complexity index is 1040. The average molecular weight is 453 g/mol. The van der Waals surface area contributed by atoms with Gasteiger partial charge in [0.25, 0.3) is 17.5 Å². The van der Waals surface area contributed by atoms with Crippen LogP contribution in [0.25, 0.3) is 5.57 Å². The Morgan fingerprint density at radius 3 is 2.00 bits per heavy atom. The van der Waals surface area contributed by atoms with Crippen molar-refractivity contribution in [2.24, 2.45) is 0 Å². The van der Waals surface area contributed by atoms with Gasteiger partial charge in [-0.1, -0.05) is 29.8 Å². The monoisotopic (exact) mass is 453 g/mol. The van der Waals surface area contributed by atoms with Crippen LogP contribution in [0.2, 0.25) is 0 Å². The van der Waals surface area contributed by atoms with E-state index >= 15 is 0 Å². The number of hydrogen-bond donors (Lipinski definition) is 0. The van der Waals surface area contributed by atoms with Gasteiger partial charge in [0.15, 0.2) is 0 Å². The fourth-order valence-electron chi connectivity index (χ4n) is 3.62. The van der Waals surface area contributed by atoms with Crippen LogP contribution in [0.5, 0.6) is 0 Å². The second-order valence-corrected chi connectivity index (χ2v) is 7.68. The number of nitro benzene ring substituents is 1. The molecule has 0 aromatic heterocycles. The van der Waals surface area contributed by atoms with Crippen LogP contribution >= 0.6 is 0 Å². The van der Waals surface area contributed by atoms with Crippen molar-refractivity contribution in [2.45, 2.75) is 13.5 Å². The highest BCUT2D eigenvalue weighted by Gasteiger charge is 2.41. The first-order valence-corrected chi connectivity index (χ1v) is 10.5. The summed E-state index contributed by atoms with van der Waals surface area (Å²) >= 11 is 0. The zero-order chi connectivity index (χ0) is 24.0. The zero-order valence-electron chi connectivity index (χ0n) is 18.9. The fraction of sp³-hybridized carbons (Fsp3) is 0.333. The van der Waals surface area contributed by atoms with Gasteiger partial charge in [-0.3, -0.25) is 24.6 Å². The number of rotatable bonds is 11. The van der Waals surface area contributed by atoms with E-state index in [0.717, 1.165) is 11.1 Å². The highest BCUT2D eigenvalue weighted by molar-refractivity contribution is 6.35. The van der Waals surface area contributed by atoms with Crippen LogP contribution in [0.15, 0.2) is 54.2 Å². The minimum atomic E-state index is -0.506. The Morgan fingerprint density at radius 1 is 0.909 bits per heavy atom. The summed E-state index contributed by atoms with van der Waals surface area (Å²) in [4.78, 5) is 40.6. The molecule has 0 fully saturated rings. The molecule has 1 aliphatic heterocycles. The molecule has 0 saturated carbocycles. The maximum atomic E-state index is 13.5. The molecular formula is C24H27N3O6. The van der Waals surface area contributed by atoms with E-state index < -0.39 is 16.7 Å². The number of carbonyl (C=O) groups is 2. The molecule has 9 heteroatoms. The molecule has 33 heavy (non-hydrogen) atoms. The number of benzene rings is 2. The molecule has 0 spiro atoms. The molecule has 0 bridgehead atoms. The third kappa shape index (κ3) is 5.44. The predicted octanol–water partition coefficient (Wildman–Crippen LogP) is 2.78. The quantitative estimate of drug-likeness (QED) is 0.293. The average Bonchev–Trinajstić information content (AvgIpc) is 3.05. The smallest absolute Gasteiger partial charge is 0.278 e. The minimum absolute atomic E-state index is 0.0928. The van der Waals surface area contributed by atoms with E-state index in [9.17, 15) is 19.7 Å². The summed E-state index contributed by atoms with van der Waals surface area (Å²) in [6, 6.07) is 13.3. The van der Waals surface area contributed by atoms with Gasteiger partial charge >= 0.3 is 0 Å². The molecule has 2 amide bonds. The van der Waals surface area contributed by atoms with Crippen LogP contribution in [-0.4, -0.2) is 67.1 Å². The van der Waals surface area contributed by atoms with Crippen LogP contribution in [0.3, 0.4) is 0 Å². The first-order valence-electron chi connectivity index (χ1n) is 10.5. The van der Waals surface area contributed by atoms with Gasteiger partial charge in [0.1, 0.15) is 5.70 Å². The lowest BCUT2D eigenvalue weighted by atomic mass is 10.0. The van der Waals surface area contributed by atoms with Crippen molar-refractivity contribution >= 4 is 23.1 Å². The molecule has 0 atom stereocenters. The SMILES string of the molecule is COCCN(CCOC)C1=C(c2ccc([N+](=O)[O-])cc2)C(=O)N(Cc2ccc(C)cc2)C1=O. The molecule has 0 unspecified atom stereocenters. The maximum absolute atomic E-state index is 13.5. The maximum Gasteiger partial charge on any atom is 0.278 e. The third-order valence-electron chi connectivity index (χ3n) is 5.42. The third-order valence-corrected chi connectivity index (χ3v) is 5.42. The number of methoxy groups -OCH3 is 2. The van der Waals surface area contributed by atoms with Crippen molar-refractivity contribution in [3.05, 3.63) is 81.0 Å². The van der Waals surface area contributed by atoms with E-state index in [1.165, 1.54) is 29.2 Å². The lowest BCUT2D eigenvalue weighted by molar-refractivity contribution is -0.384. The second kappa shape index (κ2) is 10.8. The van der Waals surface area contributed by atoms with Crippen LogP contribution in [0.4, 0.5) is 5.69 Å². The Hall–Kier alpha value is -3.56. The second-order valence-electron chi connectivity index (χ2n) is 7.68. The number of imide groups is 1. The van der Waals surface area contributed by atoms with Gasteiger partial charge in [-0.2, -0.15) is 0 Å². The lowest BCUT2D eigenvalue weighted by Crippen LogP contribution is -2.37. The number of hydrogen-bond acceptors (Lipinski definition) is 7. The van der Waals surface area contributed by atoms with E-state index in [1.54, 1.807) is 19.1 Å². The van der Waals surface area contributed by atoms with Gasteiger partial charge < -0.3 is 14.4 Å². The van der Waals surface area contributed by atoms with Crippen LogP contribution in [0, 0.1) is 17.0 Å². The molecule has 174 valence electrons. The molecular weight excluding hydrogens is 426 g/mol. The van der Waals surface area contributed by atoms with E-state index in [0.29, 0.717) is 31.9 Å². The van der Waals surface area contributed by atoms with Crippen molar-refractivity contribution in [1.29, 1.82) is 0 Å². The number of nitro groups is 1. The van der Waals surface area contributed by atoms with Gasteiger partial charge in [0.05, 0.1) is 30.3 Å². The normalized spacial score (nSPS) is 13.7. The zero-order valence-corrected chi connectivity index (χ0v) is 18.9. The molecule has 2 aromatic rings. The number of amides is 2. The molecule has 1 aliphatic rings. The van der Waals surface area contributed by atoms with Gasteiger partial charge in [-0.05, 0) is 30.2 Å². The first kappa shape index (κ1) is 24.1. The van der Waals surface area contributed by atoms with Crippen molar-refractivity contribution < 1.29 is 24.0 Å². The molecule has 2 aromatic carbocycles. The Morgan fingerprint density at radius 2 is 1.48 bits per heavy atom. The molecule has 0 radical (unpaired) electrons. The number of carbonyl (C=O) groups excluding carboxylic acids is 2. The van der Waals surface area contributed by atoms with Gasteiger partial charge in [0.2, 0.25) is 0 Å². The summed E-state index contributed by atoms with van der Waals surface area (Å²) in [5.74, 6) is -0.856. The molecule has 0 N–H and O–H groups in total. The van der Waals surface area contributed by atoms with E-state index in [4.69, 9.17) is 9.47 Å². The van der Waals surface area contributed by atoms with E-state index in [1.807, 2.05) is 31.2 Å². The highest BCUT2D eigenvalue weighted by atomic mass is 16.6. The van der Waals surface area contributed by atoms with Gasteiger partial charge in [-0.15, -0.1) is 0 Å². The summed E-state index contributed by atoms with van der Waals surface area (Å²) in [7, 11) is 3.12. The number of nitrogens with zero attached hydrogens (tertiary/aromatic N) is 3. The Balaban J connectivity index is 2.04. The van der Waals surface area contributed by atoms with Crippen molar-refractivity contribution in [3.8, 4) is 0 Å². The van der Waals surface area contributed by atoms with Crippen molar-refractivity contribution in [3.63, 3.8) is 0 Å². The summed E-state index contributed by atoms with van der Waals surface area (Å²) in [5, 5.41) is 11.1. The molecule has 0 aliphatic carbocycles. The van der Waals surface area contributed by atoms with E-state index in [2.05, 4.69) is 0 Å². The van der Waals surface area contributed by atoms with Gasteiger partial charge in [0, 0.05) is 39.4 Å². The number of non-ortho nitro benzene ring substituents is 1. The van der Waals surface area contributed by atoms with Crippen LogP contribution in [-0.2, 0) is 25.6 Å². The summed E-state index contributed by atoms with van der Waals surface area (Å²) in [6.45, 7) is 3.54. The standard InChI is InChI=1S/C24H27N3O6/c1-17-4-6-18(7-5-17)16-26-23(28)21(19-8-10-20(11-9-19)27(30)31)22(24(26)29)25(12-14-32-2)13-15-33-3/h4-11H,12-16H2,1-3H3. The minimum Gasteiger partial charge on any atom is -0.383 e. The number of aryl methyl sites for hydroxylation is 1. The van der Waals surface area contributed by atoms with Crippen molar-refractivity contribution in [2.75, 3.05) is 40.5 Å². The van der Waals surface area contributed by atoms with Gasteiger partial charge in [-0.25, -0.2) is 0 Å². The molecule has 3 rings (SSSR count). The van der Waals surface area contributed by atoms with E-state index in [-0.39, 0.29) is 23.5 Å². The predicted molar refractivity (Wildman–Crippen MR) is 122 cm³/mol. The van der Waals surface area contributed by atoms with Crippen LogP contribution < -0.4 is 0 Å². The Labute approximate surface area is 192 Å². The molecule has 1 heterocycles. The number of ether oxygens (including phenoxy) is 2.